The highest BCUT2D eigenvalue weighted by Gasteiger charge is 2.43. The fraction of sp³-hybridized carbons (Fsp3) is 1.00. The molecule has 0 aromatic carbocycles. The molecule has 0 bridgehead atoms. The molecule has 82 valence electrons. The third-order valence-corrected chi connectivity index (χ3v) is 5.03. The van der Waals surface area contributed by atoms with Crippen molar-refractivity contribution < 1.29 is 0 Å². The summed E-state index contributed by atoms with van der Waals surface area (Å²) in [5.41, 5.74) is 1.32. The van der Waals surface area contributed by atoms with Gasteiger partial charge in [0.05, 0.1) is 0 Å². The van der Waals surface area contributed by atoms with E-state index in [0.717, 1.165) is 6.04 Å². The van der Waals surface area contributed by atoms with Crippen molar-refractivity contribution in [3.8, 4) is 0 Å². The molecule has 1 N–H and O–H groups in total. The maximum absolute atomic E-state index is 3.78. The van der Waals surface area contributed by atoms with Gasteiger partial charge in [-0.1, -0.05) is 20.3 Å². The van der Waals surface area contributed by atoms with Crippen LogP contribution in [0.1, 0.15) is 59.3 Å². The van der Waals surface area contributed by atoms with Gasteiger partial charge in [-0.3, -0.25) is 0 Å². The molecule has 1 heteroatoms. The Morgan fingerprint density at radius 3 is 2.21 bits per heavy atom. The lowest BCUT2D eigenvalue weighted by Gasteiger charge is -2.42. The molecule has 0 spiro atoms. The van der Waals surface area contributed by atoms with Crippen molar-refractivity contribution in [2.75, 3.05) is 6.54 Å². The van der Waals surface area contributed by atoms with Crippen LogP contribution in [0, 0.1) is 10.8 Å². The van der Waals surface area contributed by atoms with Crippen molar-refractivity contribution in [3.05, 3.63) is 0 Å². The lowest BCUT2D eigenvalue weighted by molar-refractivity contribution is 0.115. The van der Waals surface area contributed by atoms with Crippen LogP contribution in [0.25, 0.3) is 0 Å². The molecular formula is C13H25N. The summed E-state index contributed by atoms with van der Waals surface area (Å²) < 4.78 is 0. The highest BCUT2D eigenvalue weighted by atomic mass is 15.0. The molecule has 2 aliphatic carbocycles. The van der Waals surface area contributed by atoms with Crippen molar-refractivity contribution in [1.82, 2.24) is 5.32 Å². The molecule has 0 aliphatic heterocycles. The highest BCUT2D eigenvalue weighted by molar-refractivity contribution is 4.98. The standard InChI is InChI=1S/C13H25N/c1-4-13(6-5-7-13)10-14-11(2)12(3)8-9-12/h11,14H,4-10H2,1-3H3. The van der Waals surface area contributed by atoms with Crippen LogP contribution >= 0.6 is 0 Å². The van der Waals surface area contributed by atoms with Crippen LogP contribution < -0.4 is 5.32 Å². The van der Waals surface area contributed by atoms with Crippen molar-refractivity contribution in [3.63, 3.8) is 0 Å². The number of hydrogen-bond acceptors (Lipinski definition) is 1. The van der Waals surface area contributed by atoms with Gasteiger partial charge in [0.2, 0.25) is 0 Å². The fourth-order valence-corrected chi connectivity index (χ4v) is 2.58. The van der Waals surface area contributed by atoms with Crippen LogP contribution in [0.2, 0.25) is 0 Å². The largest absolute Gasteiger partial charge is 0.313 e. The van der Waals surface area contributed by atoms with E-state index in [2.05, 4.69) is 26.1 Å². The Labute approximate surface area is 88.7 Å². The predicted molar refractivity (Wildman–Crippen MR) is 61.4 cm³/mol. The first-order valence-electron chi connectivity index (χ1n) is 6.34. The molecule has 2 fully saturated rings. The zero-order valence-electron chi connectivity index (χ0n) is 10.0. The summed E-state index contributed by atoms with van der Waals surface area (Å²) in [7, 11) is 0. The van der Waals surface area contributed by atoms with Gasteiger partial charge in [0, 0.05) is 12.6 Å². The SMILES string of the molecule is CCC1(CNC(C)C2(C)CC2)CCC1. The monoisotopic (exact) mass is 195 g/mol. The molecule has 1 nitrogen and oxygen atoms in total. The van der Waals surface area contributed by atoms with Crippen molar-refractivity contribution in [2.24, 2.45) is 10.8 Å². The normalized spacial score (nSPS) is 29.4. The molecule has 0 saturated heterocycles. The van der Waals surface area contributed by atoms with Gasteiger partial charge in [-0.15, -0.1) is 0 Å². The summed E-state index contributed by atoms with van der Waals surface area (Å²) in [6.07, 6.45) is 8.60. The van der Waals surface area contributed by atoms with E-state index < -0.39 is 0 Å². The van der Waals surface area contributed by atoms with Crippen LogP contribution in [0.4, 0.5) is 0 Å². The second-order valence-corrected chi connectivity index (χ2v) is 5.96. The zero-order chi connectivity index (χ0) is 10.2. The molecule has 0 aromatic heterocycles. The molecule has 0 radical (unpaired) electrons. The third-order valence-electron chi connectivity index (χ3n) is 5.03. The molecule has 2 rings (SSSR count). The second kappa shape index (κ2) is 3.52. The summed E-state index contributed by atoms with van der Waals surface area (Å²) in [5, 5.41) is 3.78. The summed E-state index contributed by atoms with van der Waals surface area (Å²) in [5.74, 6) is 0. The van der Waals surface area contributed by atoms with E-state index in [1.165, 1.54) is 45.1 Å². The first-order chi connectivity index (χ1) is 6.60. The minimum Gasteiger partial charge on any atom is -0.313 e. The lowest BCUT2D eigenvalue weighted by Crippen LogP contribution is -2.44. The maximum atomic E-state index is 3.78. The molecule has 0 amide bonds. The number of nitrogens with one attached hydrogen (secondary N) is 1. The fourth-order valence-electron chi connectivity index (χ4n) is 2.58. The third kappa shape index (κ3) is 1.84. The van der Waals surface area contributed by atoms with E-state index in [4.69, 9.17) is 0 Å². The minimum atomic E-state index is 0.638. The van der Waals surface area contributed by atoms with Gasteiger partial charge >= 0.3 is 0 Å². The van der Waals surface area contributed by atoms with Crippen LogP contribution in [-0.4, -0.2) is 12.6 Å². The van der Waals surface area contributed by atoms with E-state index in [1.807, 2.05) is 0 Å². The van der Waals surface area contributed by atoms with Crippen LogP contribution in [-0.2, 0) is 0 Å². The number of rotatable bonds is 5. The Hall–Kier alpha value is -0.0400. The van der Waals surface area contributed by atoms with Crippen molar-refractivity contribution in [1.29, 1.82) is 0 Å². The second-order valence-electron chi connectivity index (χ2n) is 5.96. The zero-order valence-corrected chi connectivity index (χ0v) is 10.0. The summed E-state index contributed by atoms with van der Waals surface area (Å²) >= 11 is 0. The molecule has 1 atom stereocenters. The Kier molecular flexibility index (Phi) is 2.63. The predicted octanol–water partition coefficient (Wildman–Crippen LogP) is 3.34. The van der Waals surface area contributed by atoms with Gasteiger partial charge in [0.15, 0.2) is 0 Å². The molecule has 1 unspecified atom stereocenters. The van der Waals surface area contributed by atoms with Crippen molar-refractivity contribution in [2.45, 2.75) is 65.3 Å². The van der Waals surface area contributed by atoms with Crippen LogP contribution in [0.5, 0.6) is 0 Å². The molecule has 2 aliphatic rings. The first kappa shape index (κ1) is 10.5. The van der Waals surface area contributed by atoms with E-state index in [0.29, 0.717) is 10.8 Å². The van der Waals surface area contributed by atoms with Gasteiger partial charge in [-0.2, -0.15) is 0 Å². The lowest BCUT2D eigenvalue weighted by atomic mass is 9.67. The summed E-state index contributed by atoms with van der Waals surface area (Å²) in [6, 6.07) is 0.728. The minimum absolute atomic E-state index is 0.638. The molecular weight excluding hydrogens is 170 g/mol. The smallest absolute Gasteiger partial charge is 0.00927 e. The average molecular weight is 195 g/mol. The average Bonchev–Trinajstić information content (AvgIpc) is 2.84. The summed E-state index contributed by atoms with van der Waals surface area (Å²) in [6.45, 7) is 8.41. The van der Waals surface area contributed by atoms with E-state index >= 15 is 0 Å². The Bertz CT molecular complexity index is 196. The van der Waals surface area contributed by atoms with Gasteiger partial charge < -0.3 is 5.32 Å². The Morgan fingerprint density at radius 1 is 1.21 bits per heavy atom. The Morgan fingerprint density at radius 2 is 1.86 bits per heavy atom. The van der Waals surface area contributed by atoms with Gasteiger partial charge in [-0.25, -0.2) is 0 Å². The highest BCUT2D eigenvalue weighted by Crippen LogP contribution is 2.49. The first-order valence-corrected chi connectivity index (χ1v) is 6.34. The molecule has 0 heterocycles. The number of hydrogen-bond donors (Lipinski definition) is 1. The molecule has 14 heavy (non-hydrogen) atoms. The van der Waals surface area contributed by atoms with Crippen LogP contribution in [0.15, 0.2) is 0 Å². The topological polar surface area (TPSA) is 12.0 Å². The van der Waals surface area contributed by atoms with Gasteiger partial charge in [0.1, 0.15) is 0 Å². The van der Waals surface area contributed by atoms with Gasteiger partial charge in [-0.05, 0) is 49.9 Å². The van der Waals surface area contributed by atoms with Gasteiger partial charge in [0.25, 0.3) is 0 Å². The quantitative estimate of drug-likeness (QED) is 0.709. The van der Waals surface area contributed by atoms with E-state index in [-0.39, 0.29) is 0 Å². The molecule has 0 aromatic rings. The Balaban J connectivity index is 1.76. The molecule has 2 saturated carbocycles. The van der Waals surface area contributed by atoms with Crippen molar-refractivity contribution >= 4 is 0 Å². The van der Waals surface area contributed by atoms with E-state index in [1.54, 1.807) is 0 Å². The van der Waals surface area contributed by atoms with E-state index in [9.17, 15) is 0 Å². The maximum Gasteiger partial charge on any atom is 0.00927 e. The van der Waals surface area contributed by atoms with Crippen LogP contribution in [0.3, 0.4) is 0 Å². The summed E-state index contributed by atoms with van der Waals surface area (Å²) in [4.78, 5) is 0.